The van der Waals surface area contributed by atoms with E-state index >= 15 is 0 Å². The standard InChI is InChI=1S/C21H30FN3O5S/c1-16(2)15-30-21(27)24-12-10-23(11-13-24)20(26)17-4-3-9-25(14-17)31(28,29)19-7-5-18(22)6-8-19/h5-8,16-17H,3-4,9-15H2,1-2H3. The quantitative estimate of drug-likeness (QED) is 0.679. The molecule has 172 valence electrons. The van der Waals surface area contributed by atoms with Crippen molar-refractivity contribution in [1.29, 1.82) is 0 Å². The normalized spacial score (nSPS) is 20.7. The molecule has 2 aliphatic heterocycles. The van der Waals surface area contributed by atoms with E-state index in [1.165, 1.54) is 16.4 Å². The van der Waals surface area contributed by atoms with Crippen LogP contribution in [0.4, 0.5) is 9.18 Å². The van der Waals surface area contributed by atoms with Gasteiger partial charge in [-0.2, -0.15) is 4.31 Å². The van der Waals surface area contributed by atoms with Crippen LogP contribution < -0.4 is 0 Å². The number of halogens is 1. The van der Waals surface area contributed by atoms with Crippen molar-refractivity contribution >= 4 is 22.0 Å². The molecule has 1 aromatic carbocycles. The van der Waals surface area contributed by atoms with Crippen molar-refractivity contribution in [2.75, 3.05) is 45.9 Å². The highest BCUT2D eigenvalue weighted by molar-refractivity contribution is 7.89. The minimum absolute atomic E-state index is 0.0236. The van der Waals surface area contributed by atoms with Gasteiger partial charge < -0.3 is 14.5 Å². The molecule has 1 aromatic rings. The van der Waals surface area contributed by atoms with E-state index in [0.29, 0.717) is 52.2 Å². The topological polar surface area (TPSA) is 87.2 Å². The van der Waals surface area contributed by atoms with Crippen LogP contribution in [0.25, 0.3) is 0 Å². The Labute approximate surface area is 183 Å². The molecule has 2 aliphatic rings. The SMILES string of the molecule is CC(C)COC(=O)N1CCN(C(=O)C2CCCN(S(=O)(=O)c3ccc(F)cc3)C2)CC1. The Morgan fingerprint density at radius 3 is 2.29 bits per heavy atom. The number of carbonyl (C=O) groups is 2. The molecule has 2 amide bonds. The third-order valence-corrected chi connectivity index (χ3v) is 7.45. The average molecular weight is 456 g/mol. The zero-order chi connectivity index (χ0) is 22.6. The van der Waals surface area contributed by atoms with E-state index in [1.54, 1.807) is 9.80 Å². The van der Waals surface area contributed by atoms with E-state index < -0.39 is 21.8 Å². The molecule has 8 nitrogen and oxygen atoms in total. The summed E-state index contributed by atoms with van der Waals surface area (Å²) in [5.41, 5.74) is 0. The highest BCUT2D eigenvalue weighted by atomic mass is 32.2. The van der Waals surface area contributed by atoms with Gasteiger partial charge in [0.2, 0.25) is 15.9 Å². The fourth-order valence-corrected chi connectivity index (χ4v) is 5.34. The molecule has 0 N–H and O–H groups in total. The Hall–Kier alpha value is -2.20. The molecule has 2 fully saturated rings. The largest absolute Gasteiger partial charge is 0.449 e. The van der Waals surface area contributed by atoms with Crippen molar-refractivity contribution in [1.82, 2.24) is 14.1 Å². The van der Waals surface area contributed by atoms with Gasteiger partial charge in [0.05, 0.1) is 17.4 Å². The maximum Gasteiger partial charge on any atom is 0.409 e. The molecule has 31 heavy (non-hydrogen) atoms. The number of nitrogens with zero attached hydrogens (tertiary/aromatic N) is 3. The number of sulfonamides is 1. The maximum absolute atomic E-state index is 13.2. The predicted molar refractivity (Wildman–Crippen MR) is 112 cm³/mol. The number of amides is 2. The van der Waals surface area contributed by atoms with Crippen LogP contribution in [-0.4, -0.2) is 80.4 Å². The summed E-state index contributed by atoms with van der Waals surface area (Å²) in [7, 11) is -3.78. The fraction of sp³-hybridized carbons (Fsp3) is 0.619. The first kappa shape index (κ1) is 23.5. The summed E-state index contributed by atoms with van der Waals surface area (Å²) >= 11 is 0. The first-order valence-electron chi connectivity index (χ1n) is 10.6. The minimum Gasteiger partial charge on any atom is -0.449 e. The Morgan fingerprint density at radius 2 is 1.68 bits per heavy atom. The summed E-state index contributed by atoms with van der Waals surface area (Å²) < 4.78 is 45.5. The van der Waals surface area contributed by atoms with Gasteiger partial charge in [-0.25, -0.2) is 17.6 Å². The molecular weight excluding hydrogens is 425 g/mol. The van der Waals surface area contributed by atoms with E-state index in [1.807, 2.05) is 13.8 Å². The number of rotatable bonds is 5. The molecule has 0 saturated carbocycles. The molecule has 1 atom stereocenters. The van der Waals surface area contributed by atoms with Gasteiger partial charge in [0.1, 0.15) is 5.82 Å². The van der Waals surface area contributed by atoms with Crippen molar-refractivity contribution in [2.45, 2.75) is 31.6 Å². The van der Waals surface area contributed by atoms with Crippen molar-refractivity contribution in [3.63, 3.8) is 0 Å². The lowest BCUT2D eigenvalue weighted by molar-refractivity contribution is -0.138. The number of carbonyl (C=O) groups excluding carboxylic acids is 2. The monoisotopic (exact) mass is 455 g/mol. The van der Waals surface area contributed by atoms with Crippen molar-refractivity contribution < 1.29 is 27.1 Å². The molecule has 3 rings (SSSR count). The fourth-order valence-electron chi connectivity index (χ4n) is 3.81. The smallest absolute Gasteiger partial charge is 0.409 e. The number of hydrogen-bond acceptors (Lipinski definition) is 5. The number of ether oxygens (including phenoxy) is 1. The van der Waals surface area contributed by atoms with Gasteiger partial charge in [0, 0.05) is 39.3 Å². The Morgan fingerprint density at radius 1 is 1.06 bits per heavy atom. The van der Waals surface area contributed by atoms with Crippen LogP contribution in [0.3, 0.4) is 0 Å². The second kappa shape index (κ2) is 9.95. The molecule has 2 saturated heterocycles. The van der Waals surface area contributed by atoms with Crippen LogP contribution in [-0.2, 0) is 19.6 Å². The van der Waals surface area contributed by atoms with E-state index in [-0.39, 0.29) is 29.4 Å². The van der Waals surface area contributed by atoms with Gasteiger partial charge in [-0.15, -0.1) is 0 Å². The van der Waals surface area contributed by atoms with E-state index in [0.717, 1.165) is 12.1 Å². The zero-order valence-corrected chi connectivity index (χ0v) is 18.8. The molecule has 0 aliphatic carbocycles. The zero-order valence-electron chi connectivity index (χ0n) is 18.0. The lowest BCUT2D eigenvalue weighted by Crippen LogP contribution is -2.54. The van der Waals surface area contributed by atoms with Crippen LogP contribution in [0.5, 0.6) is 0 Å². The van der Waals surface area contributed by atoms with E-state index in [2.05, 4.69) is 0 Å². The summed E-state index contributed by atoms with van der Waals surface area (Å²) in [6, 6.07) is 4.72. The van der Waals surface area contributed by atoms with Gasteiger partial charge in [-0.1, -0.05) is 13.8 Å². The number of benzene rings is 1. The Bertz CT molecular complexity index is 883. The second-order valence-corrected chi connectivity index (χ2v) is 10.4. The maximum atomic E-state index is 13.2. The molecule has 2 heterocycles. The first-order valence-corrected chi connectivity index (χ1v) is 12.1. The Kier molecular flexibility index (Phi) is 7.53. The highest BCUT2D eigenvalue weighted by Gasteiger charge is 2.36. The van der Waals surface area contributed by atoms with Gasteiger partial charge in [-0.3, -0.25) is 4.79 Å². The van der Waals surface area contributed by atoms with E-state index in [9.17, 15) is 22.4 Å². The number of hydrogen-bond donors (Lipinski definition) is 0. The second-order valence-electron chi connectivity index (χ2n) is 8.44. The molecular formula is C21H30FN3O5S. The molecule has 0 aromatic heterocycles. The summed E-state index contributed by atoms with van der Waals surface area (Å²) in [5.74, 6) is -0.761. The Balaban J connectivity index is 1.56. The lowest BCUT2D eigenvalue weighted by Gasteiger charge is -2.38. The molecule has 10 heteroatoms. The lowest BCUT2D eigenvalue weighted by atomic mass is 9.98. The van der Waals surface area contributed by atoms with Crippen molar-refractivity contribution in [2.24, 2.45) is 11.8 Å². The van der Waals surface area contributed by atoms with Crippen LogP contribution in [0, 0.1) is 17.7 Å². The van der Waals surface area contributed by atoms with Crippen molar-refractivity contribution in [3.8, 4) is 0 Å². The van der Waals surface area contributed by atoms with Gasteiger partial charge in [0.25, 0.3) is 0 Å². The van der Waals surface area contributed by atoms with Crippen LogP contribution >= 0.6 is 0 Å². The number of piperidine rings is 1. The van der Waals surface area contributed by atoms with Crippen LogP contribution in [0.15, 0.2) is 29.2 Å². The third kappa shape index (κ3) is 5.74. The summed E-state index contributed by atoms with van der Waals surface area (Å²) in [4.78, 5) is 28.4. The van der Waals surface area contributed by atoms with Gasteiger partial charge in [0.15, 0.2) is 0 Å². The molecule has 0 spiro atoms. The summed E-state index contributed by atoms with van der Waals surface area (Å²) in [5, 5.41) is 0. The van der Waals surface area contributed by atoms with Gasteiger partial charge in [-0.05, 0) is 43.0 Å². The van der Waals surface area contributed by atoms with Crippen LogP contribution in [0.2, 0.25) is 0 Å². The third-order valence-electron chi connectivity index (χ3n) is 5.57. The first-order chi connectivity index (χ1) is 14.7. The molecule has 0 bridgehead atoms. The summed E-state index contributed by atoms with van der Waals surface area (Å²) in [6.45, 7) is 6.32. The highest BCUT2D eigenvalue weighted by Crippen LogP contribution is 2.25. The van der Waals surface area contributed by atoms with Crippen molar-refractivity contribution in [3.05, 3.63) is 30.1 Å². The average Bonchev–Trinajstić information content (AvgIpc) is 2.77. The van der Waals surface area contributed by atoms with E-state index in [4.69, 9.17) is 4.74 Å². The number of piperazine rings is 1. The molecule has 0 radical (unpaired) electrons. The minimum atomic E-state index is -3.78. The summed E-state index contributed by atoms with van der Waals surface area (Å²) in [6.07, 6.45) is 0.832. The van der Waals surface area contributed by atoms with Gasteiger partial charge >= 0.3 is 6.09 Å². The predicted octanol–water partition coefficient (Wildman–Crippen LogP) is 2.16. The molecule has 1 unspecified atom stereocenters. The van der Waals surface area contributed by atoms with Crippen LogP contribution in [0.1, 0.15) is 26.7 Å².